The second-order valence-corrected chi connectivity index (χ2v) is 5.85. The minimum absolute atomic E-state index is 0.0184. The van der Waals surface area contributed by atoms with Crippen LogP contribution in [0.15, 0.2) is 33.7 Å². The first-order valence-corrected chi connectivity index (χ1v) is 6.70. The molecule has 1 heterocycles. The summed E-state index contributed by atoms with van der Waals surface area (Å²) in [4.78, 5) is 23.3. The molecule has 21 heavy (non-hydrogen) atoms. The van der Waals surface area contributed by atoms with Crippen molar-refractivity contribution in [3.63, 3.8) is 0 Å². The Labute approximate surface area is 126 Å². The first-order valence-electron chi connectivity index (χ1n) is 6.32. The van der Waals surface area contributed by atoms with E-state index in [1.807, 2.05) is 0 Å². The number of hydrogen-bond donors (Lipinski definition) is 0. The van der Waals surface area contributed by atoms with Gasteiger partial charge in [-0.05, 0) is 32.9 Å². The van der Waals surface area contributed by atoms with Gasteiger partial charge in [0.1, 0.15) is 28.2 Å². The lowest BCUT2D eigenvalue weighted by Gasteiger charge is -2.19. The normalized spacial score (nSPS) is 11.4. The predicted molar refractivity (Wildman–Crippen MR) is 78.8 cm³/mol. The second kappa shape index (κ2) is 5.77. The molecular weight excluding hydrogens is 296 g/mol. The first kappa shape index (κ1) is 15.4. The van der Waals surface area contributed by atoms with Crippen molar-refractivity contribution in [3.05, 3.63) is 39.7 Å². The maximum absolute atomic E-state index is 11.8. The summed E-state index contributed by atoms with van der Waals surface area (Å²) < 4.78 is 15.7. The number of halogens is 1. The molecule has 0 atom stereocenters. The van der Waals surface area contributed by atoms with Gasteiger partial charge in [0.05, 0.1) is 5.39 Å². The minimum atomic E-state index is -0.562. The van der Waals surface area contributed by atoms with Gasteiger partial charge >= 0.3 is 5.97 Å². The van der Waals surface area contributed by atoms with Crippen LogP contribution < -0.4 is 10.2 Å². The highest BCUT2D eigenvalue weighted by atomic mass is 35.5. The third-order valence-corrected chi connectivity index (χ3v) is 2.74. The maximum atomic E-state index is 11.8. The van der Waals surface area contributed by atoms with Crippen molar-refractivity contribution in [2.75, 3.05) is 6.61 Å². The molecule has 0 radical (unpaired) electrons. The maximum Gasteiger partial charge on any atom is 0.344 e. The number of rotatable bonds is 3. The van der Waals surface area contributed by atoms with E-state index in [4.69, 9.17) is 25.5 Å². The third-order valence-electron chi connectivity index (χ3n) is 2.48. The molecule has 0 bridgehead atoms. The highest BCUT2D eigenvalue weighted by molar-refractivity contribution is 6.30. The lowest BCUT2D eigenvalue weighted by molar-refractivity contribution is -0.157. The van der Waals surface area contributed by atoms with Gasteiger partial charge < -0.3 is 13.9 Å². The van der Waals surface area contributed by atoms with Crippen LogP contribution in [0.1, 0.15) is 20.8 Å². The molecule has 0 aliphatic rings. The molecule has 0 N–H and O–H groups in total. The van der Waals surface area contributed by atoms with Crippen LogP contribution in [0.3, 0.4) is 0 Å². The minimum Gasteiger partial charge on any atom is -0.482 e. The van der Waals surface area contributed by atoms with Gasteiger partial charge in [-0.25, -0.2) is 4.79 Å². The fourth-order valence-electron chi connectivity index (χ4n) is 1.69. The fraction of sp³-hybridized carbons (Fsp3) is 0.333. The molecule has 5 nitrogen and oxygen atoms in total. The lowest BCUT2D eigenvalue weighted by Crippen LogP contribution is -2.27. The second-order valence-electron chi connectivity index (χ2n) is 5.45. The van der Waals surface area contributed by atoms with Gasteiger partial charge in [0.2, 0.25) is 5.43 Å². The SMILES string of the molecule is CC(C)(C)OC(=O)COc1ccc2c(=O)c(Cl)coc2c1. The van der Waals surface area contributed by atoms with Crippen molar-refractivity contribution in [3.8, 4) is 5.75 Å². The molecule has 0 spiro atoms. The Morgan fingerprint density at radius 1 is 1.33 bits per heavy atom. The molecule has 0 saturated carbocycles. The Hall–Kier alpha value is -2.01. The smallest absolute Gasteiger partial charge is 0.344 e. The monoisotopic (exact) mass is 310 g/mol. The topological polar surface area (TPSA) is 65.7 Å². The van der Waals surface area contributed by atoms with Crippen molar-refractivity contribution in [1.29, 1.82) is 0 Å². The molecule has 0 fully saturated rings. The van der Waals surface area contributed by atoms with Gasteiger partial charge in [-0.15, -0.1) is 0 Å². The molecule has 2 aromatic rings. The molecule has 112 valence electrons. The van der Waals surface area contributed by atoms with E-state index in [-0.39, 0.29) is 17.1 Å². The van der Waals surface area contributed by atoms with E-state index in [2.05, 4.69) is 0 Å². The van der Waals surface area contributed by atoms with E-state index in [9.17, 15) is 9.59 Å². The predicted octanol–water partition coefficient (Wildman–Crippen LogP) is 3.17. The zero-order chi connectivity index (χ0) is 15.6. The molecule has 0 aliphatic carbocycles. The third kappa shape index (κ3) is 3.98. The Morgan fingerprint density at radius 2 is 2.05 bits per heavy atom. The summed E-state index contributed by atoms with van der Waals surface area (Å²) in [6.07, 6.45) is 1.17. The summed E-state index contributed by atoms with van der Waals surface area (Å²) >= 11 is 5.69. The Morgan fingerprint density at radius 3 is 2.71 bits per heavy atom. The fourth-order valence-corrected chi connectivity index (χ4v) is 1.83. The molecule has 0 aliphatic heterocycles. The van der Waals surface area contributed by atoms with Crippen LogP contribution >= 0.6 is 11.6 Å². The zero-order valence-electron chi connectivity index (χ0n) is 11.9. The Bertz CT molecular complexity index is 727. The van der Waals surface area contributed by atoms with E-state index in [1.165, 1.54) is 18.4 Å². The van der Waals surface area contributed by atoms with E-state index >= 15 is 0 Å². The van der Waals surface area contributed by atoms with Crippen molar-refractivity contribution >= 4 is 28.5 Å². The largest absolute Gasteiger partial charge is 0.482 e. The molecule has 0 amide bonds. The molecule has 0 unspecified atom stereocenters. The van der Waals surface area contributed by atoms with E-state index in [1.54, 1.807) is 26.8 Å². The molecule has 1 aromatic carbocycles. The average molecular weight is 311 g/mol. The summed E-state index contributed by atoms with van der Waals surface area (Å²) in [5.41, 5.74) is -0.532. The zero-order valence-corrected chi connectivity index (χ0v) is 12.7. The van der Waals surface area contributed by atoms with Gasteiger partial charge in [-0.3, -0.25) is 4.79 Å². The standard InChI is InChI=1S/C15H15ClO5/c1-15(2,3)21-13(17)8-19-9-4-5-10-12(6-9)20-7-11(16)14(10)18/h4-7H,8H2,1-3H3. The number of fused-ring (bicyclic) bond motifs is 1. The van der Waals surface area contributed by atoms with E-state index < -0.39 is 11.6 Å². The lowest BCUT2D eigenvalue weighted by atomic mass is 10.2. The van der Waals surface area contributed by atoms with Gasteiger partial charge in [-0.1, -0.05) is 11.6 Å². The van der Waals surface area contributed by atoms with Gasteiger partial charge in [0, 0.05) is 6.07 Å². The number of carbonyl (C=O) groups is 1. The van der Waals surface area contributed by atoms with Crippen LogP contribution in [-0.2, 0) is 9.53 Å². The molecule has 6 heteroatoms. The highest BCUT2D eigenvalue weighted by Crippen LogP contribution is 2.20. The molecular formula is C15H15ClO5. The van der Waals surface area contributed by atoms with Crippen molar-refractivity contribution in [2.24, 2.45) is 0 Å². The molecule has 0 saturated heterocycles. The highest BCUT2D eigenvalue weighted by Gasteiger charge is 2.16. The number of esters is 1. The van der Waals surface area contributed by atoms with Crippen molar-refractivity contribution < 1.29 is 18.7 Å². The number of hydrogen-bond acceptors (Lipinski definition) is 5. The van der Waals surface area contributed by atoms with Crippen molar-refractivity contribution in [1.82, 2.24) is 0 Å². The summed E-state index contributed by atoms with van der Waals surface area (Å²) in [7, 11) is 0. The van der Waals surface area contributed by atoms with Crippen LogP contribution in [0.25, 0.3) is 11.0 Å². The van der Waals surface area contributed by atoms with Crippen LogP contribution in [-0.4, -0.2) is 18.2 Å². The Kier molecular flexibility index (Phi) is 4.23. The van der Waals surface area contributed by atoms with Gasteiger partial charge in [0.15, 0.2) is 6.61 Å². The summed E-state index contributed by atoms with van der Waals surface area (Å²) in [5, 5.41) is 0.372. The van der Waals surface area contributed by atoms with Crippen LogP contribution in [0.4, 0.5) is 0 Å². The van der Waals surface area contributed by atoms with Crippen molar-refractivity contribution in [2.45, 2.75) is 26.4 Å². The van der Waals surface area contributed by atoms with E-state index in [0.29, 0.717) is 16.7 Å². The molecule has 1 aromatic heterocycles. The quantitative estimate of drug-likeness (QED) is 0.815. The molecule has 2 rings (SSSR count). The Balaban J connectivity index is 2.12. The van der Waals surface area contributed by atoms with Crippen LogP contribution in [0.2, 0.25) is 5.02 Å². The van der Waals surface area contributed by atoms with Crippen LogP contribution in [0, 0.1) is 0 Å². The van der Waals surface area contributed by atoms with Gasteiger partial charge in [0.25, 0.3) is 0 Å². The summed E-state index contributed by atoms with van der Waals surface area (Å²) in [6, 6.07) is 4.63. The summed E-state index contributed by atoms with van der Waals surface area (Å²) in [5.74, 6) is -0.0704. The van der Waals surface area contributed by atoms with E-state index in [0.717, 1.165) is 0 Å². The first-order chi connectivity index (χ1) is 9.76. The summed E-state index contributed by atoms with van der Waals surface area (Å²) in [6.45, 7) is 5.11. The number of carbonyl (C=O) groups excluding carboxylic acids is 1. The van der Waals surface area contributed by atoms with Crippen LogP contribution in [0.5, 0.6) is 5.75 Å². The van der Waals surface area contributed by atoms with Gasteiger partial charge in [-0.2, -0.15) is 0 Å². The average Bonchev–Trinajstić information content (AvgIpc) is 2.39. The number of benzene rings is 1. The number of ether oxygens (including phenoxy) is 2.